The molecule has 2 unspecified atom stereocenters. The largest absolute Gasteiger partial charge is 0.383 e. The molecule has 4 heteroatoms. The van der Waals surface area contributed by atoms with Gasteiger partial charge in [0.15, 0.2) is 0 Å². The number of hydrazine groups is 1. The first kappa shape index (κ1) is 10.9. The first-order chi connectivity index (χ1) is 6.15. The van der Waals surface area contributed by atoms with Crippen molar-refractivity contribution < 1.29 is 4.74 Å². The lowest BCUT2D eigenvalue weighted by Crippen LogP contribution is -2.59. The van der Waals surface area contributed by atoms with Crippen molar-refractivity contribution >= 4 is 0 Å². The maximum absolute atomic E-state index is 5.78. The zero-order chi connectivity index (χ0) is 9.84. The zero-order valence-corrected chi connectivity index (χ0v) is 8.86. The Morgan fingerprint density at radius 3 is 2.31 bits per heavy atom. The number of piperazine rings is 1. The summed E-state index contributed by atoms with van der Waals surface area (Å²) in [6.07, 6.45) is 0. The highest BCUT2D eigenvalue weighted by molar-refractivity contribution is 4.82. The molecule has 1 heterocycles. The van der Waals surface area contributed by atoms with Gasteiger partial charge in [-0.2, -0.15) is 0 Å². The van der Waals surface area contributed by atoms with Gasteiger partial charge in [0, 0.05) is 38.8 Å². The summed E-state index contributed by atoms with van der Waals surface area (Å²) in [4.78, 5) is 2.45. The Morgan fingerprint density at radius 1 is 1.31 bits per heavy atom. The second-order valence-corrected chi connectivity index (χ2v) is 3.88. The maximum atomic E-state index is 5.78. The monoisotopic (exact) mass is 187 g/mol. The SMILES string of the molecule is COCCN1C(C)CN(N)CC1C. The third-order valence-electron chi connectivity index (χ3n) is 2.68. The third kappa shape index (κ3) is 2.91. The van der Waals surface area contributed by atoms with E-state index in [1.165, 1.54) is 0 Å². The smallest absolute Gasteiger partial charge is 0.0589 e. The topological polar surface area (TPSA) is 41.7 Å². The predicted octanol–water partition coefficient (Wildman–Crippen LogP) is -0.0989. The highest BCUT2D eigenvalue weighted by Crippen LogP contribution is 2.12. The molecule has 1 fully saturated rings. The van der Waals surface area contributed by atoms with Gasteiger partial charge in [0.05, 0.1) is 6.61 Å². The molecule has 0 bridgehead atoms. The van der Waals surface area contributed by atoms with Gasteiger partial charge < -0.3 is 4.74 Å². The predicted molar refractivity (Wildman–Crippen MR) is 53.3 cm³/mol. The minimum absolute atomic E-state index is 0.531. The van der Waals surface area contributed by atoms with Gasteiger partial charge in [-0.15, -0.1) is 0 Å². The molecule has 0 radical (unpaired) electrons. The van der Waals surface area contributed by atoms with Crippen molar-refractivity contribution in [2.45, 2.75) is 25.9 Å². The van der Waals surface area contributed by atoms with Crippen molar-refractivity contribution in [3.05, 3.63) is 0 Å². The van der Waals surface area contributed by atoms with Crippen molar-refractivity contribution in [3.63, 3.8) is 0 Å². The quantitative estimate of drug-likeness (QED) is 0.627. The summed E-state index contributed by atoms with van der Waals surface area (Å²) in [6, 6.07) is 1.06. The van der Waals surface area contributed by atoms with E-state index < -0.39 is 0 Å². The second-order valence-electron chi connectivity index (χ2n) is 3.88. The summed E-state index contributed by atoms with van der Waals surface area (Å²) in [5, 5.41) is 1.90. The Hall–Kier alpha value is -0.160. The van der Waals surface area contributed by atoms with Crippen molar-refractivity contribution in [2.24, 2.45) is 5.84 Å². The molecule has 4 nitrogen and oxygen atoms in total. The van der Waals surface area contributed by atoms with Crippen LogP contribution in [0.1, 0.15) is 13.8 Å². The van der Waals surface area contributed by atoms with E-state index in [0.717, 1.165) is 26.2 Å². The van der Waals surface area contributed by atoms with E-state index in [-0.39, 0.29) is 0 Å². The number of nitrogens with two attached hydrogens (primary N) is 1. The van der Waals surface area contributed by atoms with Gasteiger partial charge in [-0.25, -0.2) is 5.01 Å². The Bertz CT molecular complexity index is 142. The number of ether oxygens (including phenoxy) is 1. The molecule has 0 spiro atoms. The number of hydrogen-bond acceptors (Lipinski definition) is 4. The van der Waals surface area contributed by atoms with Crippen LogP contribution >= 0.6 is 0 Å². The van der Waals surface area contributed by atoms with Crippen LogP contribution in [0.25, 0.3) is 0 Å². The molecule has 13 heavy (non-hydrogen) atoms. The van der Waals surface area contributed by atoms with E-state index in [9.17, 15) is 0 Å². The average molecular weight is 187 g/mol. The molecule has 0 saturated carbocycles. The van der Waals surface area contributed by atoms with Crippen LogP contribution in [0.15, 0.2) is 0 Å². The normalized spacial score (nSPS) is 32.3. The Kier molecular flexibility index (Phi) is 4.12. The summed E-state index contributed by atoms with van der Waals surface area (Å²) >= 11 is 0. The minimum Gasteiger partial charge on any atom is -0.383 e. The molecule has 1 aliphatic heterocycles. The van der Waals surface area contributed by atoms with Crippen LogP contribution in [-0.4, -0.2) is 55.3 Å². The average Bonchev–Trinajstić information content (AvgIpc) is 2.02. The van der Waals surface area contributed by atoms with Gasteiger partial charge in [0.2, 0.25) is 0 Å². The van der Waals surface area contributed by atoms with Gasteiger partial charge in [0.1, 0.15) is 0 Å². The van der Waals surface area contributed by atoms with Gasteiger partial charge in [-0.05, 0) is 13.8 Å². The zero-order valence-electron chi connectivity index (χ0n) is 8.86. The lowest BCUT2D eigenvalue weighted by Gasteiger charge is -2.42. The van der Waals surface area contributed by atoms with Crippen LogP contribution in [0.4, 0.5) is 0 Å². The van der Waals surface area contributed by atoms with Crippen LogP contribution < -0.4 is 5.84 Å². The molecule has 1 aliphatic rings. The lowest BCUT2D eigenvalue weighted by atomic mass is 10.1. The standard InChI is InChI=1S/C9H21N3O/c1-8-6-11(10)7-9(2)12(8)4-5-13-3/h8-9H,4-7,10H2,1-3H3. The summed E-state index contributed by atoms with van der Waals surface area (Å²) in [6.45, 7) is 8.14. The molecule has 0 aromatic rings. The molecular formula is C9H21N3O. The number of nitrogens with zero attached hydrogens (tertiary/aromatic N) is 2. The van der Waals surface area contributed by atoms with E-state index in [1.54, 1.807) is 7.11 Å². The second kappa shape index (κ2) is 4.91. The molecule has 0 aromatic carbocycles. The van der Waals surface area contributed by atoms with Crippen LogP contribution in [0.5, 0.6) is 0 Å². The van der Waals surface area contributed by atoms with E-state index in [2.05, 4.69) is 18.7 Å². The van der Waals surface area contributed by atoms with E-state index >= 15 is 0 Å². The molecule has 1 saturated heterocycles. The number of rotatable bonds is 3. The summed E-state index contributed by atoms with van der Waals surface area (Å²) in [7, 11) is 1.74. The van der Waals surface area contributed by atoms with Gasteiger partial charge in [-0.1, -0.05) is 0 Å². The number of methoxy groups -OCH3 is 1. The molecule has 0 aromatic heterocycles. The van der Waals surface area contributed by atoms with Crippen LogP contribution in [0.3, 0.4) is 0 Å². The summed E-state index contributed by atoms with van der Waals surface area (Å²) < 4.78 is 5.08. The maximum Gasteiger partial charge on any atom is 0.0589 e. The fourth-order valence-electron chi connectivity index (χ4n) is 2.03. The Balaban J connectivity index is 2.41. The van der Waals surface area contributed by atoms with Crippen molar-refractivity contribution in [2.75, 3.05) is 33.4 Å². The van der Waals surface area contributed by atoms with Gasteiger partial charge >= 0.3 is 0 Å². The van der Waals surface area contributed by atoms with Crippen LogP contribution in [0, 0.1) is 0 Å². The fraction of sp³-hybridized carbons (Fsp3) is 1.00. The molecular weight excluding hydrogens is 166 g/mol. The van der Waals surface area contributed by atoms with Crippen molar-refractivity contribution in [3.8, 4) is 0 Å². The molecule has 1 rings (SSSR count). The van der Waals surface area contributed by atoms with E-state index in [0.29, 0.717) is 12.1 Å². The lowest BCUT2D eigenvalue weighted by molar-refractivity contribution is 0.0209. The molecule has 0 aliphatic carbocycles. The minimum atomic E-state index is 0.531. The fourth-order valence-corrected chi connectivity index (χ4v) is 2.03. The Labute approximate surface area is 80.6 Å². The van der Waals surface area contributed by atoms with E-state index in [4.69, 9.17) is 10.6 Å². The van der Waals surface area contributed by atoms with E-state index in [1.807, 2.05) is 5.01 Å². The first-order valence-electron chi connectivity index (χ1n) is 4.89. The van der Waals surface area contributed by atoms with Gasteiger partial charge in [0.25, 0.3) is 0 Å². The van der Waals surface area contributed by atoms with Crippen LogP contribution in [-0.2, 0) is 4.74 Å². The number of hydrogen-bond donors (Lipinski definition) is 1. The highest BCUT2D eigenvalue weighted by Gasteiger charge is 2.27. The van der Waals surface area contributed by atoms with Crippen molar-refractivity contribution in [1.29, 1.82) is 0 Å². The van der Waals surface area contributed by atoms with Crippen molar-refractivity contribution in [1.82, 2.24) is 9.91 Å². The first-order valence-corrected chi connectivity index (χ1v) is 4.89. The van der Waals surface area contributed by atoms with Crippen LogP contribution in [0.2, 0.25) is 0 Å². The summed E-state index contributed by atoms with van der Waals surface area (Å²) in [5.74, 6) is 5.78. The van der Waals surface area contributed by atoms with Gasteiger partial charge in [-0.3, -0.25) is 10.7 Å². The molecule has 2 N–H and O–H groups in total. The molecule has 78 valence electrons. The Morgan fingerprint density at radius 2 is 1.85 bits per heavy atom. The highest BCUT2D eigenvalue weighted by atomic mass is 16.5. The molecule has 0 amide bonds. The third-order valence-corrected chi connectivity index (χ3v) is 2.68. The molecule has 2 atom stereocenters. The summed E-state index contributed by atoms with van der Waals surface area (Å²) in [5.41, 5.74) is 0.